The summed E-state index contributed by atoms with van der Waals surface area (Å²) >= 11 is 0. The molecule has 5 aromatic carbocycles. The van der Waals surface area contributed by atoms with Crippen molar-refractivity contribution in [3.8, 4) is 0 Å². The van der Waals surface area contributed by atoms with E-state index in [0.29, 0.717) is 0 Å². The number of hydrogen-bond donors (Lipinski definition) is 0. The quantitative estimate of drug-likeness (QED) is 0.160. The Morgan fingerprint density at radius 1 is 0.379 bits per heavy atom. The van der Waals surface area contributed by atoms with Crippen LogP contribution in [0.4, 0.5) is 34.1 Å². The Kier molecular flexibility index (Phi) is 9.62. The van der Waals surface area contributed by atoms with Crippen molar-refractivity contribution in [1.82, 2.24) is 0 Å². The number of hydrogen-bond acceptors (Lipinski definition) is 2. The normalized spacial score (nSPS) is 21.2. The minimum atomic E-state index is -0.0876. The molecule has 0 unspecified atom stereocenters. The lowest BCUT2D eigenvalue weighted by molar-refractivity contribution is 0.331. The highest BCUT2D eigenvalue weighted by Gasteiger charge is 2.49. The molecule has 10 rings (SSSR count). The van der Waals surface area contributed by atoms with Gasteiger partial charge in [0, 0.05) is 34.1 Å². The third kappa shape index (κ3) is 6.76. The third-order valence-corrected chi connectivity index (χ3v) is 18.3. The Labute approximate surface area is 401 Å². The summed E-state index contributed by atoms with van der Waals surface area (Å²) in [7, 11) is 0. The zero-order chi connectivity index (χ0) is 47.9. The van der Waals surface area contributed by atoms with Crippen LogP contribution in [0.25, 0.3) is 0 Å². The van der Waals surface area contributed by atoms with Crippen LogP contribution in [0.5, 0.6) is 0 Å². The van der Waals surface area contributed by atoms with Crippen molar-refractivity contribution in [2.45, 2.75) is 213 Å². The standard InChI is InChI=1S/C63H81BN2/c1-38-30-43-46(62(16,17)28-26-59(43,10)11)36-51(38)66-52-37-47-45(61(14,15)27-29-63(47,18)19)35-49(52)64-48-31-39(56(2,3)4)20-23-50(48)65(53-32-40(57(5,6)7)33-54(66)55(53)64)41-21-22-42-44(34-41)60(12,13)25-24-58(42,8)9/h20-23,30-37H,24-29H2,1-19H3. The Bertz CT molecular complexity index is 2860. The average molecular weight is 877 g/mol. The lowest BCUT2D eigenvalue weighted by atomic mass is 9.32. The molecule has 0 N–H and O–H groups in total. The maximum absolute atomic E-state index is 2.78. The van der Waals surface area contributed by atoms with E-state index in [4.69, 9.17) is 0 Å². The predicted octanol–water partition coefficient (Wildman–Crippen LogP) is 15.7. The van der Waals surface area contributed by atoms with Crippen molar-refractivity contribution in [3.05, 3.63) is 123 Å². The van der Waals surface area contributed by atoms with E-state index >= 15 is 0 Å². The zero-order valence-corrected chi connectivity index (χ0v) is 44.6. The Hall–Kier alpha value is -4.24. The summed E-state index contributed by atoms with van der Waals surface area (Å²) in [5, 5.41) is 0. The van der Waals surface area contributed by atoms with Crippen LogP contribution in [0.3, 0.4) is 0 Å². The predicted molar refractivity (Wildman–Crippen MR) is 288 cm³/mol. The van der Waals surface area contributed by atoms with E-state index in [0.717, 1.165) is 0 Å². The van der Waals surface area contributed by atoms with E-state index in [1.807, 2.05) is 0 Å². The van der Waals surface area contributed by atoms with E-state index in [-0.39, 0.29) is 50.0 Å². The van der Waals surface area contributed by atoms with Gasteiger partial charge in [-0.15, -0.1) is 0 Å². The van der Waals surface area contributed by atoms with Crippen molar-refractivity contribution in [3.63, 3.8) is 0 Å². The molecule has 0 atom stereocenters. The Morgan fingerprint density at radius 2 is 0.803 bits per heavy atom. The van der Waals surface area contributed by atoms with Crippen molar-refractivity contribution in [1.29, 1.82) is 0 Å². The second-order valence-corrected chi connectivity index (χ2v) is 28.0. The highest BCUT2D eigenvalue weighted by Crippen LogP contribution is 2.55. The fourth-order valence-electron chi connectivity index (χ4n) is 13.2. The van der Waals surface area contributed by atoms with Crippen LogP contribution in [0.1, 0.15) is 213 Å². The molecule has 2 nitrogen and oxygen atoms in total. The number of aryl methyl sites for hydroxylation is 1. The third-order valence-electron chi connectivity index (χ3n) is 18.3. The number of nitrogens with zero attached hydrogens (tertiary/aromatic N) is 2. The minimum Gasteiger partial charge on any atom is -0.311 e. The summed E-state index contributed by atoms with van der Waals surface area (Å²) in [6.45, 7) is 46.7. The van der Waals surface area contributed by atoms with Crippen LogP contribution in [-0.4, -0.2) is 6.71 Å². The van der Waals surface area contributed by atoms with Gasteiger partial charge in [-0.2, -0.15) is 0 Å². The van der Waals surface area contributed by atoms with Gasteiger partial charge >= 0.3 is 0 Å². The highest BCUT2D eigenvalue weighted by molar-refractivity contribution is 7.00. The van der Waals surface area contributed by atoms with Gasteiger partial charge < -0.3 is 9.80 Å². The van der Waals surface area contributed by atoms with Crippen LogP contribution in [-0.2, 0) is 43.3 Å². The number of fused-ring (bicyclic) bond motifs is 7. The molecule has 66 heavy (non-hydrogen) atoms. The molecule has 0 saturated carbocycles. The molecule has 0 saturated heterocycles. The van der Waals surface area contributed by atoms with Crippen LogP contribution < -0.4 is 26.2 Å². The smallest absolute Gasteiger partial charge is 0.252 e. The number of benzene rings is 5. The monoisotopic (exact) mass is 877 g/mol. The van der Waals surface area contributed by atoms with Gasteiger partial charge in [0.15, 0.2) is 0 Å². The molecule has 5 aliphatic rings. The van der Waals surface area contributed by atoms with Gasteiger partial charge in [0.05, 0.1) is 0 Å². The topological polar surface area (TPSA) is 6.48 Å². The van der Waals surface area contributed by atoms with Gasteiger partial charge in [0.25, 0.3) is 6.71 Å². The molecule has 0 amide bonds. The molecule has 346 valence electrons. The van der Waals surface area contributed by atoms with E-state index in [2.05, 4.69) is 214 Å². The maximum Gasteiger partial charge on any atom is 0.252 e. The Balaban J connectivity index is 1.37. The summed E-state index contributed by atoms with van der Waals surface area (Å²) in [5.41, 5.74) is 26.0. The average Bonchev–Trinajstić information content (AvgIpc) is 3.21. The van der Waals surface area contributed by atoms with Gasteiger partial charge in [0.1, 0.15) is 0 Å². The fourth-order valence-corrected chi connectivity index (χ4v) is 13.2. The molecular weight excluding hydrogens is 796 g/mol. The molecule has 0 radical (unpaired) electrons. The second-order valence-electron chi connectivity index (χ2n) is 28.0. The van der Waals surface area contributed by atoms with Crippen LogP contribution in [0.2, 0.25) is 0 Å². The molecule has 2 heterocycles. The van der Waals surface area contributed by atoms with Crippen molar-refractivity contribution in [2.24, 2.45) is 0 Å². The molecule has 0 spiro atoms. The highest BCUT2D eigenvalue weighted by atomic mass is 15.2. The number of rotatable bonds is 2. The van der Waals surface area contributed by atoms with Crippen molar-refractivity contribution < 1.29 is 0 Å². The molecule has 0 bridgehead atoms. The first-order valence-electron chi connectivity index (χ1n) is 25.8. The van der Waals surface area contributed by atoms with Gasteiger partial charge in [-0.1, -0.05) is 155 Å². The fraction of sp³-hybridized carbons (Fsp3) is 0.524. The SMILES string of the molecule is Cc1cc2c(cc1N1c3cc4c(cc3B3c5cc(C(C)(C)C)ccc5N(c5ccc6c(c5)C(C)(C)CCC6(C)C)c5cc(C(C)(C)C)cc1c53)C(C)(C)CCC4(C)C)C(C)(C)CCC2(C)C. The van der Waals surface area contributed by atoms with Crippen LogP contribution in [0, 0.1) is 6.92 Å². The van der Waals surface area contributed by atoms with E-state index < -0.39 is 0 Å². The van der Waals surface area contributed by atoms with Crippen molar-refractivity contribution >= 4 is 57.2 Å². The second kappa shape index (κ2) is 13.9. The van der Waals surface area contributed by atoms with E-state index in [1.54, 1.807) is 0 Å². The van der Waals surface area contributed by atoms with Crippen LogP contribution >= 0.6 is 0 Å². The van der Waals surface area contributed by atoms with Gasteiger partial charge in [-0.25, -0.2) is 0 Å². The first kappa shape index (κ1) is 45.5. The zero-order valence-electron chi connectivity index (χ0n) is 44.6. The summed E-state index contributed by atoms with van der Waals surface area (Å²) < 4.78 is 0. The lowest BCUT2D eigenvalue weighted by Gasteiger charge is -2.49. The van der Waals surface area contributed by atoms with Gasteiger partial charge in [0.2, 0.25) is 0 Å². The Morgan fingerprint density at radius 3 is 1.32 bits per heavy atom. The minimum absolute atomic E-state index is 0.00723. The first-order chi connectivity index (χ1) is 30.3. The van der Waals surface area contributed by atoms with Gasteiger partial charge in [-0.05, 0) is 198 Å². The largest absolute Gasteiger partial charge is 0.311 e. The van der Waals surface area contributed by atoms with Crippen LogP contribution in [0.15, 0.2) is 72.8 Å². The molecular formula is C63H81BN2. The molecule has 0 fully saturated rings. The van der Waals surface area contributed by atoms with Crippen molar-refractivity contribution in [2.75, 3.05) is 9.80 Å². The van der Waals surface area contributed by atoms with E-state index in [1.165, 1.54) is 139 Å². The molecule has 5 aromatic rings. The van der Waals surface area contributed by atoms with Gasteiger partial charge in [-0.3, -0.25) is 0 Å². The molecule has 3 aliphatic carbocycles. The first-order valence-corrected chi connectivity index (χ1v) is 25.8. The molecule has 0 aromatic heterocycles. The number of anilines is 6. The summed E-state index contributed by atoms with van der Waals surface area (Å²) in [5.74, 6) is 0. The maximum atomic E-state index is 2.78. The molecule has 3 heteroatoms. The lowest BCUT2D eigenvalue weighted by Crippen LogP contribution is -2.62. The summed E-state index contributed by atoms with van der Waals surface area (Å²) in [4.78, 5) is 5.48. The molecule has 2 aliphatic heterocycles. The summed E-state index contributed by atoms with van der Waals surface area (Å²) in [6, 6.07) is 31.0. The summed E-state index contributed by atoms with van der Waals surface area (Å²) in [6.07, 6.45) is 7.18. The van der Waals surface area contributed by atoms with E-state index in [9.17, 15) is 0 Å².